The molecule has 4 heteroatoms. The summed E-state index contributed by atoms with van der Waals surface area (Å²) < 4.78 is 0. The van der Waals surface area contributed by atoms with Crippen molar-refractivity contribution in [2.24, 2.45) is 0 Å². The van der Waals surface area contributed by atoms with Crippen LogP contribution in [0.4, 0.5) is 0 Å². The molecule has 4 nitrogen and oxygen atoms in total. The molecule has 1 aromatic carbocycles. The number of hydrogen-bond donors (Lipinski definition) is 2. The molecule has 0 aromatic heterocycles. The van der Waals surface area contributed by atoms with Gasteiger partial charge in [0, 0.05) is 0 Å². The van der Waals surface area contributed by atoms with Crippen molar-refractivity contribution in [2.75, 3.05) is 0 Å². The lowest BCUT2D eigenvalue weighted by Crippen LogP contribution is -2.39. The first kappa shape index (κ1) is 13.2. The van der Waals surface area contributed by atoms with Crippen LogP contribution in [0.25, 0.3) is 0 Å². The Bertz CT molecular complexity index is 440. The molecule has 0 bridgehead atoms. The molecule has 1 amide bonds. The van der Waals surface area contributed by atoms with Crippen LogP contribution in [-0.2, 0) is 16.0 Å². The summed E-state index contributed by atoms with van der Waals surface area (Å²) in [5.74, 6) is -1.30. The molecule has 1 aromatic rings. The summed E-state index contributed by atoms with van der Waals surface area (Å²) in [5, 5.41) is 11.1. The molecule has 17 heavy (non-hydrogen) atoms. The molecule has 1 rings (SSSR count). The Hall–Kier alpha value is -1.84. The quantitative estimate of drug-likeness (QED) is 0.829. The number of rotatable bonds is 4. The highest BCUT2D eigenvalue weighted by Crippen LogP contribution is 2.11. The summed E-state index contributed by atoms with van der Waals surface area (Å²) >= 11 is 0. The first-order valence-corrected chi connectivity index (χ1v) is 5.48. The number of aryl methyl sites for hydroxylation is 2. The standard InChI is InChI=1S/C13H17NO3/c1-8-4-5-9(2)11(6-8)7-12(15)14-10(3)13(16)17/h4-6,10H,7H2,1-3H3,(H,14,15)(H,16,17)/t10-/m1/s1. The van der Waals surface area contributed by atoms with E-state index >= 15 is 0 Å². The maximum Gasteiger partial charge on any atom is 0.325 e. The van der Waals surface area contributed by atoms with E-state index in [-0.39, 0.29) is 12.3 Å². The Kier molecular flexibility index (Phi) is 4.26. The van der Waals surface area contributed by atoms with Crippen LogP contribution in [0.3, 0.4) is 0 Å². The van der Waals surface area contributed by atoms with Gasteiger partial charge in [-0.25, -0.2) is 0 Å². The van der Waals surface area contributed by atoms with E-state index in [4.69, 9.17) is 5.11 Å². The lowest BCUT2D eigenvalue weighted by atomic mass is 10.0. The number of carbonyl (C=O) groups excluding carboxylic acids is 1. The van der Waals surface area contributed by atoms with Gasteiger partial charge in [-0.3, -0.25) is 9.59 Å². The highest BCUT2D eigenvalue weighted by Gasteiger charge is 2.14. The number of carbonyl (C=O) groups is 2. The fourth-order valence-electron chi connectivity index (χ4n) is 1.52. The van der Waals surface area contributed by atoms with Crippen LogP contribution in [0.1, 0.15) is 23.6 Å². The van der Waals surface area contributed by atoms with Gasteiger partial charge in [-0.05, 0) is 31.9 Å². The Morgan fingerprint density at radius 3 is 2.59 bits per heavy atom. The minimum Gasteiger partial charge on any atom is -0.480 e. The van der Waals surface area contributed by atoms with Crippen molar-refractivity contribution in [1.82, 2.24) is 5.32 Å². The smallest absolute Gasteiger partial charge is 0.325 e. The van der Waals surface area contributed by atoms with Crippen LogP contribution in [0, 0.1) is 13.8 Å². The van der Waals surface area contributed by atoms with E-state index in [9.17, 15) is 9.59 Å². The van der Waals surface area contributed by atoms with Crippen LogP contribution in [-0.4, -0.2) is 23.0 Å². The van der Waals surface area contributed by atoms with E-state index in [1.54, 1.807) is 0 Å². The Morgan fingerprint density at radius 1 is 1.35 bits per heavy atom. The van der Waals surface area contributed by atoms with Gasteiger partial charge >= 0.3 is 5.97 Å². The zero-order valence-electron chi connectivity index (χ0n) is 10.3. The predicted octanol–water partition coefficient (Wildman–Crippen LogP) is 1.44. The van der Waals surface area contributed by atoms with E-state index in [1.165, 1.54) is 6.92 Å². The minimum atomic E-state index is -1.03. The average molecular weight is 235 g/mol. The van der Waals surface area contributed by atoms with Gasteiger partial charge in [0.2, 0.25) is 5.91 Å². The number of nitrogens with one attached hydrogen (secondary N) is 1. The topological polar surface area (TPSA) is 66.4 Å². The van der Waals surface area contributed by atoms with E-state index in [0.717, 1.165) is 16.7 Å². The minimum absolute atomic E-state index is 0.213. The number of carboxylic acid groups (broad SMARTS) is 1. The molecule has 2 N–H and O–H groups in total. The van der Waals surface area contributed by atoms with Crippen LogP contribution < -0.4 is 5.32 Å². The normalized spacial score (nSPS) is 11.9. The van der Waals surface area contributed by atoms with Crippen molar-refractivity contribution in [3.8, 4) is 0 Å². The second-order valence-electron chi connectivity index (χ2n) is 4.23. The van der Waals surface area contributed by atoms with Gasteiger partial charge in [-0.15, -0.1) is 0 Å². The molecule has 0 heterocycles. The maximum absolute atomic E-state index is 11.6. The summed E-state index contributed by atoms with van der Waals surface area (Å²) in [5.41, 5.74) is 3.05. The largest absolute Gasteiger partial charge is 0.480 e. The molecule has 0 fully saturated rings. The fraction of sp³-hybridized carbons (Fsp3) is 0.385. The zero-order valence-corrected chi connectivity index (χ0v) is 10.3. The van der Waals surface area contributed by atoms with Crippen molar-refractivity contribution >= 4 is 11.9 Å². The number of amides is 1. The van der Waals surface area contributed by atoms with Gasteiger partial charge in [0.15, 0.2) is 0 Å². The molecule has 1 atom stereocenters. The zero-order chi connectivity index (χ0) is 13.0. The Balaban J connectivity index is 2.68. The van der Waals surface area contributed by atoms with Crippen LogP contribution in [0.15, 0.2) is 18.2 Å². The highest BCUT2D eigenvalue weighted by molar-refractivity contribution is 5.84. The van der Waals surface area contributed by atoms with Gasteiger partial charge in [0.25, 0.3) is 0 Å². The van der Waals surface area contributed by atoms with Gasteiger partial charge in [-0.2, -0.15) is 0 Å². The Morgan fingerprint density at radius 2 is 2.00 bits per heavy atom. The molecule has 0 saturated carbocycles. The monoisotopic (exact) mass is 235 g/mol. The van der Waals surface area contributed by atoms with Gasteiger partial charge in [0.1, 0.15) is 6.04 Å². The summed E-state index contributed by atoms with van der Waals surface area (Å²) in [4.78, 5) is 22.2. The van der Waals surface area contributed by atoms with E-state index in [1.807, 2.05) is 32.0 Å². The lowest BCUT2D eigenvalue weighted by Gasteiger charge is -2.11. The van der Waals surface area contributed by atoms with Crippen LogP contribution in [0.2, 0.25) is 0 Å². The lowest BCUT2D eigenvalue weighted by molar-refractivity contribution is -0.141. The van der Waals surface area contributed by atoms with Crippen molar-refractivity contribution < 1.29 is 14.7 Å². The molecule has 0 spiro atoms. The summed E-state index contributed by atoms with van der Waals surface area (Å²) in [6.45, 7) is 5.34. The van der Waals surface area contributed by atoms with Gasteiger partial charge < -0.3 is 10.4 Å². The van der Waals surface area contributed by atoms with Gasteiger partial charge in [-0.1, -0.05) is 23.8 Å². The second kappa shape index (κ2) is 5.48. The number of hydrogen-bond acceptors (Lipinski definition) is 2. The average Bonchev–Trinajstić information content (AvgIpc) is 2.23. The molecule has 0 aliphatic heterocycles. The molecular weight excluding hydrogens is 218 g/mol. The third-order valence-corrected chi connectivity index (χ3v) is 2.60. The summed E-state index contributed by atoms with van der Waals surface area (Å²) in [6.07, 6.45) is 0.213. The summed E-state index contributed by atoms with van der Waals surface area (Å²) in [6, 6.07) is 5.03. The van der Waals surface area contributed by atoms with Gasteiger partial charge in [0.05, 0.1) is 6.42 Å². The number of carboxylic acids is 1. The predicted molar refractivity (Wildman–Crippen MR) is 64.9 cm³/mol. The van der Waals surface area contributed by atoms with E-state index < -0.39 is 12.0 Å². The molecular formula is C13H17NO3. The highest BCUT2D eigenvalue weighted by atomic mass is 16.4. The molecule has 0 aliphatic carbocycles. The van der Waals surface area contributed by atoms with Crippen LogP contribution >= 0.6 is 0 Å². The first-order chi connectivity index (χ1) is 7.90. The van der Waals surface area contributed by atoms with E-state index in [0.29, 0.717) is 0 Å². The van der Waals surface area contributed by atoms with Crippen molar-refractivity contribution in [1.29, 1.82) is 0 Å². The molecule has 0 radical (unpaired) electrons. The fourth-order valence-corrected chi connectivity index (χ4v) is 1.52. The third kappa shape index (κ3) is 3.90. The van der Waals surface area contributed by atoms with Crippen molar-refractivity contribution in [3.63, 3.8) is 0 Å². The summed E-state index contributed by atoms with van der Waals surface area (Å²) in [7, 11) is 0. The first-order valence-electron chi connectivity index (χ1n) is 5.48. The van der Waals surface area contributed by atoms with Crippen molar-refractivity contribution in [2.45, 2.75) is 33.2 Å². The molecule has 0 aliphatic rings. The SMILES string of the molecule is Cc1ccc(C)c(CC(=O)N[C@H](C)C(=O)O)c1. The van der Waals surface area contributed by atoms with Crippen molar-refractivity contribution in [3.05, 3.63) is 34.9 Å². The second-order valence-corrected chi connectivity index (χ2v) is 4.23. The molecule has 0 saturated heterocycles. The maximum atomic E-state index is 11.6. The third-order valence-electron chi connectivity index (χ3n) is 2.60. The number of aliphatic carboxylic acids is 1. The number of benzene rings is 1. The van der Waals surface area contributed by atoms with Crippen LogP contribution in [0.5, 0.6) is 0 Å². The molecule has 92 valence electrons. The van der Waals surface area contributed by atoms with E-state index in [2.05, 4.69) is 5.32 Å². The molecule has 0 unspecified atom stereocenters. The Labute approximate surface area is 101 Å².